The van der Waals surface area contributed by atoms with Gasteiger partial charge >= 0.3 is 0 Å². The highest BCUT2D eigenvalue weighted by molar-refractivity contribution is 9.10. The summed E-state index contributed by atoms with van der Waals surface area (Å²) in [7, 11) is 0. The molecule has 3 nitrogen and oxygen atoms in total. The molecular formula is C12H17BrN2O. The van der Waals surface area contributed by atoms with Crippen molar-refractivity contribution in [2.24, 2.45) is 0 Å². The second-order valence-corrected chi connectivity index (χ2v) is 4.42. The van der Waals surface area contributed by atoms with Gasteiger partial charge in [-0.15, -0.1) is 0 Å². The summed E-state index contributed by atoms with van der Waals surface area (Å²) in [5.74, 6) is 0.0437. The zero-order chi connectivity index (χ0) is 12.0. The average molecular weight is 285 g/mol. The Labute approximate surface area is 105 Å². The lowest BCUT2D eigenvalue weighted by Crippen LogP contribution is -2.21. The number of halogens is 1. The van der Waals surface area contributed by atoms with Crippen molar-refractivity contribution in [1.29, 1.82) is 0 Å². The maximum Gasteiger partial charge on any atom is 0.225 e. The SMILES string of the molecule is CCNCCC(=O)Nc1cccc(Br)c1C. The fraction of sp³-hybridized carbons (Fsp3) is 0.417. The molecule has 88 valence electrons. The Bertz CT molecular complexity index is 366. The maximum atomic E-state index is 11.6. The zero-order valence-electron chi connectivity index (χ0n) is 9.64. The molecule has 0 spiro atoms. The fourth-order valence-electron chi connectivity index (χ4n) is 1.33. The fourth-order valence-corrected chi connectivity index (χ4v) is 1.70. The highest BCUT2D eigenvalue weighted by Crippen LogP contribution is 2.23. The first kappa shape index (κ1) is 13.2. The van der Waals surface area contributed by atoms with Crippen LogP contribution in [0.15, 0.2) is 22.7 Å². The van der Waals surface area contributed by atoms with Crippen molar-refractivity contribution < 1.29 is 4.79 Å². The molecule has 0 saturated carbocycles. The number of anilines is 1. The number of carbonyl (C=O) groups excluding carboxylic acids is 1. The molecule has 0 heterocycles. The Hall–Kier alpha value is -0.870. The van der Waals surface area contributed by atoms with Gasteiger partial charge in [-0.25, -0.2) is 0 Å². The highest BCUT2D eigenvalue weighted by atomic mass is 79.9. The lowest BCUT2D eigenvalue weighted by molar-refractivity contribution is -0.116. The molecule has 0 unspecified atom stereocenters. The number of nitrogens with one attached hydrogen (secondary N) is 2. The van der Waals surface area contributed by atoms with Gasteiger partial charge in [0.05, 0.1) is 0 Å². The van der Waals surface area contributed by atoms with E-state index in [-0.39, 0.29) is 5.91 Å². The van der Waals surface area contributed by atoms with Crippen LogP contribution in [0.3, 0.4) is 0 Å². The number of rotatable bonds is 5. The van der Waals surface area contributed by atoms with Crippen molar-refractivity contribution in [2.45, 2.75) is 20.3 Å². The lowest BCUT2D eigenvalue weighted by Gasteiger charge is -2.09. The van der Waals surface area contributed by atoms with Gasteiger partial charge < -0.3 is 10.6 Å². The topological polar surface area (TPSA) is 41.1 Å². The number of hydrogen-bond acceptors (Lipinski definition) is 2. The molecule has 1 rings (SSSR count). The number of amides is 1. The smallest absolute Gasteiger partial charge is 0.225 e. The Morgan fingerprint density at radius 1 is 1.44 bits per heavy atom. The van der Waals surface area contributed by atoms with Gasteiger partial charge in [0.2, 0.25) is 5.91 Å². The van der Waals surface area contributed by atoms with Crippen LogP contribution in [-0.4, -0.2) is 19.0 Å². The van der Waals surface area contributed by atoms with Gasteiger partial charge in [-0.05, 0) is 31.2 Å². The van der Waals surface area contributed by atoms with Crippen LogP contribution in [-0.2, 0) is 4.79 Å². The van der Waals surface area contributed by atoms with E-state index in [0.717, 1.165) is 28.8 Å². The molecule has 1 aromatic carbocycles. The lowest BCUT2D eigenvalue weighted by atomic mass is 10.2. The van der Waals surface area contributed by atoms with Crippen molar-refractivity contribution in [2.75, 3.05) is 18.4 Å². The van der Waals surface area contributed by atoms with E-state index in [0.29, 0.717) is 6.42 Å². The molecule has 0 bridgehead atoms. The van der Waals surface area contributed by atoms with Crippen LogP contribution in [0.2, 0.25) is 0 Å². The first-order chi connectivity index (χ1) is 7.65. The summed E-state index contributed by atoms with van der Waals surface area (Å²) in [6.07, 6.45) is 0.500. The van der Waals surface area contributed by atoms with Crippen LogP contribution < -0.4 is 10.6 Å². The Morgan fingerprint density at radius 3 is 2.88 bits per heavy atom. The van der Waals surface area contributed by atoms with E-state index < -0.39 is 0 Å². The molecule has 1 aromatic rings. The molecule has 0 aliphatic rings. The summed E-state index contributed by atoms with van der Waals surface area (Å²) in [6, 6.07) is 5.78. The van der Waals surface area contributed by atoms with Crippen molar-refractivity contribution >= 4 is 27.5 Å². The van der Waals surface area contributed by atoms with E-state index >= 15 is 0 Å². The van der Waals surface area contributed by atoms with Gasteiger partial charge in [-0.3, -0.25) is 4.79 Å². The molecule has 0 aliphatic carbocycles. The van der Waals surface area contributed by atoms with E-state index in [1.807, 2.05) is 32.0 Å². The third-order valence-electron chi connectivity index (χ3n) is 2.32. The summed E-state index contributed by atoms with van der Waals surface area (Å²) < 4.78 is 1.01. The van der Waals surface area contributed by atoms with Gasteiger partial charge in [0.1, 0.15) is 0 Å². The molecule has 0 aliphatic heterocycles. The van der Waals surface area contributed by atoms with Crippen LogP contribution in [0.4, 0.5) is 5.69 Å². The molecule has 0 aromatic heterocycles. The highest BCUT2D eigenvalue weighted by Gasteiger charge is 2.05. The van der Waals surface area contributed by atoms with E-state index in [4.69, 9.17) is 0 Å². The molecule has 0 atom stereocenters. The van der Waals surface area contributed by atoms with Crippen LogP contribution >= 0.6 is 15.9 Å². The molecule has 0 saturated heterocycles. The van der Waals surface area contributed by atoms with Crippen molar-refractivity contribution in [3.8, 4) is 0 Å². The van der Waals surface area contributed by atoms with E-state index in [2.05, 4.69) is 26.6 Å². The second kappa shape index (κ2) is 6.66. The quantitative estimate of drug-likeness (QED) is 0.817. The third kappa shape index (κ3) is 3.94. The summed E-state index contributed by atoms with van der Waals surface area (Å²) in [6.45, 7) is 5.61. The molecule has 0 radical (unpaired) electrons. The predicted octanol–water partition coefficient (Wildman–Crippen LogP) is 2.70. The first-order valence-electron chi connectivity index (χ1n) is 5.40. The van der Waals surface area contributed by atoms with Crippen molar-refractivity contribution in [3.05, 3.63) is 28.2 Å². The van der Waals surface area contributed by atoms with E-state index in [9.17, 15) is 4.79 Å². The molecule has 1 amide bonds. The van der Waals surface area contributed by atoms with Crippen LogP contribution in [0.1, 0.15) is 18.9 Å². The third-order valence-corrected chi connectivity index (χ3v) is 3.18. The second-order valence-electron chi connectivity index (χ2n) is 3.56. The van der Waals surface area contributed by atoms with Crippen LogP contribution in [0, 0.1) is 6.92 Å². The summed E-state index contributed by atoms with van der Waals surface area (Å²) in [5, 5.41) is 6.02. The van der Waals surface area contributed by atoms with E-state index in [1.54, 1.807) is 0 Å². The maximum absolute atomic E-state index is 11.6. The largest absolute Gasteiger partial charge is 0.326 e. The number of carbonyl (C=O) groups is 1. The zero-order valence-corrected chi connectivity index (χ0v) is 11.2. The number of hydrogen-bond donors (Lipinski definition) is 2. The monoisotopic (exact) mass is 284 g/mol. The normalized spacial score (nSPS) is 10.2. The van der Waals surface area contributed by atoms with Crippen molar-refractivity contribution in [1.82, 2.24) is 5.32 Å². The predicted molar refractivity (Wildman–Crippen MR) is 70.7 cm³/mol. The van der Waals surface area contributed by atoms with Gasteiger partial charge in [0.15, 0.2) is 0 Å². The standard InChI is InChI=1S/C12H17BrN2O/c1-3-14-8-7-12(16)15-11-6-4-5-10(13)9(11)2/h4-6,14H,3,7-8H2,1-2H3,(H,15,16). The molecular weight excluding hydrogens is 268 g/mol. The first-order valence-corrected chi connectivity index (χ1v) is 6.20. The van der Waals surface area contributed by atoms with Gasteiger partial charge in [0, 0.05) is 23.1 Å². The molecule has 4 heteroatoms. The van der Waals surface area contributed by atoms with Crippen molar-refractivity contribution in [3.63, 3.8) is 0 Å². The Kier molecular flexibility index (Phi) is 5.49. The Balaban J connectivity index is 2.53. The number of benzene rings is 1. The minimum absolute atomic E-state index is 0.0437. The summed E-state index contributed by atoms with van der Waals surface area (Å²) in [4.78, 5) is 11.6. The molecule has 0 fully saturated rings. The van der Waals surface area contributed by atoms with Gasteiger partial charge in [-0.2, -0.15) is 0 Å². The van der Waals surface area contributed by atoms with Gasteiger partial charge in [0.25, 0.3) is 0 Å². The minimum atomic E-state index is 0.0437. The summed E-state index contributed by atoms with van der Waals surface area (Å²) >= 11 is 3.44. The molecule has 2 N–H and O–H groups in total. The average Bonchev–Trinajstić information content (AvgIpc) is 2.25. The van der Waals surface area contributed by atoms with Crippen LogP contribution in [0.5, 0.6) is 0 Å². The van der Waals surface area contributed by atoms with Gasteiger partial charge in [-0.1, -0.05) is 28.9 Å². The molecule has 16 heavy (non-hydrogen) atoms. The van der Waals surface area contributed by atoms with E-state index in [1.165, 1.54) is 0 Å². The van der Waals surface area contributed by atoms with Crippen LogP contribution in [0.25, 0.3) is 0 Å². The summed E-state index contributed by atoms with van der Waals surface area (Å²) in [5.41, 5.74) is 1.93. The Morgan fingerprint density at radius 2 is 2.19 bits per heavy atom. The minimum Gasteiger partial charge on any atom is -0.326 e.